The van der Waals surface area contributed by atoms with Gasteiger partial charge in [-0.25, -0.2) is 14.5 Å². The molecule has 0 atom stereocenters. The minimum atomic E-state index is -0.579. The molecule has 2 heterocycles. The summed E-state index contributed by atoms with van der Waals surface area (Å²) < 4.78 is 13.0. The van der Waals surface area contributed by atoms with Crippen molar-refractivity contribution in [2.45, 2.75) is 51.7 Å². The minimum Gasteiger partial charge on any atom is -0.489 e. The van der Waals surface area contributed by atoms with E-state index >= 15 is 0 Å². The first-order valence-electron chi connectivity index (χ1n) is 10.6. The van der Waals surface area contributed by atoms with Gasteiger partial charge < -0.3 is 9.47 Å². The summed E-state index contributed by atoms with van der Waals surface area (Å²) in [6, 6.07) is 13.3. The molecule has 2 aromatic heterocycles. The second kappa shape index (κ2) is 9.59. The van der Waals surface area contributed by atoms with E-state index in [1.807, 2.05) is 49.4 Å². The van der Waals surface area contributed by atoms with E-state index in [0.717, 1.165) is 29.8 Å². The molecule has 0 spiro atoms. The summed E-state index contributed by atoms with van der Waals surface area (Å²) in [5.41, 5.74) is 2.78. The molecule has 3 aromatic rings. The lowest BCUT2D eigenvalue weighted by molar-refractivity contribution is 0.153. The molecule has 1 fully saturated rings. The highest BCUT2D eigenvalue weighted by Gasteiger charge is 2.20. The van der Waals surface area contributed by atoms with Crippen LogP contribution in [0.4, 0.5) is 10.6 Å². The number of carbonyl (C=O) groups is 1. The van der Waals surface area contributed by atoms with Gasteiger partial charge in [-0.2, -0.15) is 0 Å². The van der Waals surface area contributed by atoms with Crippen molar-refractivity contribution in [3.63, 3.8) is 0 Å². The van der Waals surface area contributed by atoms with E-state index in [0.29, 0.717) is 17.2 Å². The van der Waals surface area contributed by atoms with Gasteiger partial charge in [0, 0.05) is 7.05 Å². The summed E-state index contributed by atoms with van der Waals surface area (Å²) in [7, 11) is 1.71. The van der Waals surface area contributed by atoms with E-state index in [1.165, 1.54) is 23.9 Å². The average Bonchev–Trinajstić information content (AvgIpc) is 3.15. The van der Waals surface area contributed by atoms with Crippen molar-refractivity contribution in [2.24, 2.45) is 7.05 Å². The maximum Gasteiger partial charge on any atom is 0.413 e. The largest absolute Gasteiger partial charge is 0.489 e. The first-order chi connectivity index (χ1) is 15.1. The monoisotopic (exact) mass is 421 g/mol. The summed E-state index contributed by atoms with van der Waals surface area (Å²) in [6.45, 7) is 2.09. The maximum absolute atomic E-state index is 12.3. The number of ether oxygens (including phenoxy) is 2. The Kier molecular flexibility index (Phi) is 6.45. The van der Waals surface area contributed by atoms with Gasteiger partial charge in [-0.05, 0) is 50.3 Å². The Morgan fingerprint density at radius 2 is 1.90 bits per heavy atom. The van der Waals surface area contributed by atoms with Crippen LogP contribution in [0.25, 0.3) is 11.4 Å². The number of nitrogens with one attached hydrogen (secondary N) is 1. The number of hydrogen-bond acceptors (Lipinski definition) is 6. The molecule has 1 saturated carbocycles. The van der Waals surface area contributed by atoms with E-state index in [9.17, 15) is 4.79 Å². The quantitative estimate of drug-likeness (QED) is 0.623. The van der Waals surface area contributed by atoms with Gasteiger partial charge in [-0.3, -0.25) is 5.32 Å². The summed E-state index contributed by atoms with van der Waals surface area (Å²) >= 11 is 0. The highest BCUT2D eigenvalue weighted by Crippen LogP contribution is 2.29. The number of benzene rings is 1. The highest BCUT2D eigenvalue weighted by molar-refractivity contribution is 5.88. The van der Waals surface area contributed by atoms with Crippen LogP contribution in [0.2, 0.25) is 0 Å². The van der Waals surface area contributed by atoms with Crippen molar-refractivity contribution in [1.29, 1.82) is 0 Å². The maximum atomic E-state index is 12.3. The molecule has 31 heavy (non-hydrogen) atoms. The van der Waals surface area contributed by atoms with Crippen LogP contribution in [0.1, 0.15) is 43.4 Å². The molecule has 0 radical (unpaired) electrons. The molecular weight excluding hydrogens is 394 g/mol. The fourth-order valence-corrected chi connectivity index (χ4v) is 3.69. The van der Waals surface area contributed by atoms with E-state index < -0.39 is 6.09 Å². The Labute approximate surface area is 181 Å². The number of pyridine rings is 1. The van der Waals surface area contributed by atoms with Crippen LogP contribution in [-0.4, -0.2) is 32.2 Å². The number of hydrogen-bond donors (Lipinski definition) is 1. The van der Waals surface area contributed by atoms with Gasteiger partial charge in [0.1, 0.15) is 12.4 Å². The molecule has 1 aromatic carbocycles. The van der Waals surface area contributed by atoms with Crippen LogP contribution < -0.4 is 10.1 Å². The van der Waals surface area contributed by atoms with Crippen LogP contribution in [0.15, 0.2) is 42.5 Å². The number of nitrogens with zero attached hydrogens (tertiary/aromatic N) is 4. The number of aryl methyl sites for hydroxylation is 2. The Balaban J connectivity index is 1.45. The molecule has 0 saturated heterocycles. The molecule has 8 nitrogen and oxygen atoms in total. The summed E-state index contributed by atoms with van der Waals surface area (Å²) in [5, 5.41) is 11.0. The van der Waals surface area contributed by atoms with Crippen LogP contribution in [-0.2, 0) is 18.4 Å². The summed E-state index contributed by atoms with van der Waals surface area (Å²) in [6.07, 6.45) is 5.56. The molecule has 0 unspecified atom stereocenters. The van der Waals surface area contributed by atoms with Crippen molar-refractivity contribution in [1.82, 2.24) is 20.0 Å². The zero-order chi connectivity index (χ0) is 21.6. The van der Waals surface area contributed by atoms with Gasteiger partial charge in [0.15, 0.2) is 11.5 Å². The lowest BCUT2D eigenvalue weighted by Crippen LogP contribution is -2.20. The molecule has 1 aliphatic rings. The topological polar surface area (TPSA) is 91.2 Å². The fraction of sp³-hybridized carbons (Fsp3) is 0.391. The third-order valence-corrected chi connectivity index (χ3v) is 5.39. The van der Waals surface area contributed by atoms with Crippen LogP contribution in [0.3, 0.4) is 0 Å². The van der Waals surface area contributed by atoms with Gasteiger partial charge in [0.05, 0.1) is 17.5 Å². The normalized spacial score (nSPS) is 14.3. The number of amides is 1. The van der Waals surface area contributed by atoms with Crippen LogP contribution in [0, 0.1) is 6.92 Å². The second-order valence-corrected chi connectivity index (χ2v) is 7.75. The first-order valence-corrected chi connectivity index (χ1v) is 10.6. The standard InChI is InChI=1S/C23H27N5O3/c1-16-20(31-18-11-7-4-8-12-18)14-13-19(24-16)21-22(28(2)27-26-21)25-23(29)30-15-17-9-5-3-6-10-17/h3,5-6,9-10,13-14,18H,4,7-8,11-12,15H2,1-2H3,(H,25,29). The first kappa shape index (κ1) is 20.8. The Hall–Kier alpha value is -3.42. The zero-order valence-corrected chi connectivity index (χ0v) is 17.9. The molecule has 1 aliphatic carbocycles. The predicted molar refractivity (Wildman–Crippen MR) is 117 cm³/mol. The van der Waals surface area contributed by atoms with Crippen LogP contribution >= 0.6 is 0 Å². The summed E-state index contributed by atoms with van der Waals surface area (Å²) in [4.78, 5) is 17.0. The van der Waals surface area contributed by atoms with Crippen molar-refractivity contribution < 1.29 is 14.3 Å². The molecule has 1 amide bonds. The van der Waals surface area contributed by atoms with E-state index in [1.54, 1.807) is 7.05 Å². The van der Waals surface area contributed by atoms with E-state index in [2.05, 4.69) is 20.6 Å². The lowest BCUT2D eigenvalue weighted by atomic mass is 9.98. The Bertz CT molecular complexity index is 1030. The molecule has 162 valence electrons. The fourth-order valence-electron chi connectivity index (χ4n) is 3.69. The van der Waals surface area contributed by atoms with E-state index in [4.69, 9.17) is 9.47 Å². The third kappa shape index (κ3) is 5.20. The number of rotatable bonds is 6. The molecule has 4 rings (SSSR count). The number of carbonyl (C=O) groups excluding carboxylic acids is 1. The minimum absolute atomic E-state index is 0.178. The number of aromatic nitrogens is 4. The zero-order valence-electron chi connectivity index (χ0n) is 17.9. The average molecular weight is 422 g/mol. The third-order valence-electron chi connectivity index (χ3n) is 5.39. The van der Waals surface area contributed by atoms with Crippen molar-refractivity contribution in [3.8, 4) is 17.1 Å². The van der Waals surface area contributed by atoms with Crippen molar-refractivity contribution in [2.75, 3.05) is 5.32 Å². The molecule has 0 bridgehead atoms. The molecule has 8 heteroatoms. The second-order valence-electron chi connectivity index (χ2n) is 7.75. The van der Waals surface area contributed by atoms with Crippen LogP contribution in [0.5, 0.6) is 5.75 Å². The van der Waals surface area contributed by atoms with Gasteiger partial charge >= 0.3 is 6.09 Å². The number of anilines is 1. The SMILES string of the molecule is Cc1nc(-c2nnn(C)c2NC(=O)OCc2ccccc2)ccc1OC1CCCCC1. The molecule has 0 aliphatic heterocycles. The Morgan fingerprint density at radius 1 is 1.13 bits per heavy atom. The Morgan fingerprint density at radius 3 is 2.65 bits per heavy atom. The van der Waals surface area contributed by atoms with Crippen molar-refractivity contribution >= 4 is 11.9 Å². The van der Waals surface area contributed by atoms with Crippen molar-refractivity contribution in [3.05, 3.63) is 53.7 Å². The summed E-state index contributed by atoms with van der Waals surface area (Å²) in [5.74, 6) is 1.21. The lowest BCUT2D eigenvalue weighted by Gasteiger charge is -2.23. The molecular formula is C23H27N5O3. The molecule has 1 N–H and O–H groups in total. The van der Waals surface area contributed by atoms with Gasteiger partial charge in [0.25, 0.3) is 0 Å². The highest BCUT2D eigenvalue weighted by atomic mass is 16.5. The van der Waals surface area contributed by atoms with Gasteiger partial charge in [-0.15, -0.1) is 5.10 Å². The predicted octanol–water partition coefficient (Wildman–Crippen LogP) is 4.65. The van der Waals surface area contributed by atoms with Gasteiger partial charge in [0.2, 0.25) is 0 Å². The smallest absolute Gasteiger partial charge is 0.413 e. The van der Waals surface area contributed by atoms with E-state index in [-0.39, 0.29) is 12.7 Å². The van der Waals surface area contributed by atoms with Gasteiger partial charge in [-0.1, -0.05) is 42.0 Å².